The molecule has 0 fully saturated rings. The van der Waals surface area contributed by atoms with Crippen molar-refractivity contribution in [1.82, 2.24) is 0 Å². The summed E-state index contributed by atoms with van der Waals surface area (Å²) in [5.41, 5.74) is -1.30. The van der Waals surface area contributed by atoms with Crippen LogP contribution in [0.2, 0.25) is 0 Å². The number of carbonyl (C=O) groups excluding carboxylic acids is 1. The van der Waals surface area contributed by atoms with Crippen molar-refractivity contribution in [2.45, 2.75) is 113 Å². The maximum absolute atomic E-state index is 12.8. The van der Waals surface area contributed by atoms with E-state index in [9.17, 15) is 4.79 Å². The fourth-order valence-electron chi connectivity index (χ4n) is 3.32. The molecule has 0 radical (unpaired) electrons. The normalized spacial score (nSPS) is 16.4. The van der Waals surface area contributed by atoms with E-state index in [2.05, 4.69) is 27.7 Å². The highest BCUT2D eigenvalue weighted by Crippen LogP contribution is 2.50. The SMILES string of the molecule is CCCCCC(CC)C(C)(C)C(C)(CC)C(=O)OOOC(C)(C)CC. The Balaban J connectivity index is 5.08. The van der Waals surface area contributed by atoms with Gasteiger partial charge in [0.25, 0.3) is 0 Å². The molecule has 0 saturated heterocycles. The van der Waals surface area contributed by atoms with Gasteiger partial charge in [-0.25, -0.2) is 4.79 Å². The van der Waals surface area contributed by atoms with E-state index in [1.165, 1.54) is 19.3 Å². The Kier molecular flexibility index (Phi) is 10.3. The van der Waals surface area contributed by atoms with E-state index < -0.39 is 11.0 Å². The predicted molar refractivity (Wildman–Crippen MR) is 103 cm³/mol. The van der Waals surface area contributed by atoms with Gasteiger partial charge in [0, 0.05) is 0 Å². The van der Waals surface area contributed by atoms with Crippen LogP contribution >= 0.6 is 0 Å². The van der Waals surface area contributed by atoms with Crippen molar-refractivity contribution in [3.63, 3.8) is 0 Å². The Labute approximate surface area is 155 Å². The average molecular weight is 359 g/mol. The summed E-state index contributed by atoms with van der Waals surface area (Å²) in [7, 11) is 0. The zero-order valence-electron chi connectivity index (χ0n) is 18.2. The third-order valence-corrected chi connectivity index (χ3v) is 6.47. The second kappa shape index (κ2) is 10.5. The van der Waals surface area contributed by atoms with Gasteiger partial charge in [-0.1, -0.05) is 67.2 Å². The molecule has 0 spiro atoms. The van der Waals surface area contributed by atoms with Gasteiger partial charge in [-0.3, -0.25) is 4.89 Å². The predicted octanol–water partition coefficient (Wildman–Crippen LogP) is 6.63. The first-order chi connectivity index (χ1) is 11.5. The molecule has 0 heterocycles. The molecule has 0 bridgehead atoms. The number of hydrogen-bond donors (Lipinski definition) is 0. The van der Waals surface area contributed by atoms with Crippen molar-refractivity contribution in [2.75, 3.05) is 0 Å². The lowest BCUT2D eigenvalue weighted by molar-refractivity contribution is -0.519. The molecule has 0 aliphatic carbocycles. The Bertz CT molecular complexity index is 389. The van der Waals surface area contributed by atoms with E-state index in [0.717, 1.165) is 19.3 Å². The molecule has 0 aliphatic heterocycles. The number of rotatable bonds is 13. The molecule has 150 valence electrons. The molecular formula is C21H42O4. The van der Waals surface area contributed by atoms with E-state index in [1.807, 2.05) is 34.6 Å². The quantitative estimate of drug-likeness (QED) is 0.210. The first-order valence-corrected chi connectivity index (χ1v) is 10.1. The molecule has 0 aromatic rings. The summed E-state index contributed by atoms with van der Waals surface area (Å²) in [5, 5.41) is 4.86. The molecule has 0 amide bonds. The Hall–Kier alpha value is -0.610. The van der Waals surface area contributed by atoms with E-state index >= 15 is 0 Å². The summed E-state index contributed by atoms with van der Waals surface area (Å²) in [6.07, 6.45) is 7.31. The summed E-state index contributed by atoms with van der Waals surface area (Å²) in [6.45, 7) is 18.6. The fourth-order valence-corrected chi connectivity index (χ4v) is 3.32. The molecule has 0 saturated carbocycles. The molecule has 2 unspecified atom stereocenters. The molecule has 0 rings (SSSR count). The fraction of sp³-hybridized carbons (Fsp3) is 0.952. The molecule has 4 heteroatoms. The maximum atomic E-state index is 12.8. The van der Waals surface area contributed by atoms with E-state index in [0.29, 0.717) is 12.3 Å². The lowest BCUT2D eigenvalue weighted by Gasteiger charge is -2.46. The first kappa shape index (κ1) is 24.4. The molecule has 0 aromatic carbocycles. The summed E-state index contributed by atoms with van der Waals surface area (Å²) in [6, 6.07) is 0. The van der Waals surface area contributed by atoms with Gasteiger partial charge in [-0.15, -0.1) is 0 Å². The molecular weight excluding hydrogens is 316 g/mol. The smallest absolute Gasteiger partial charge is 0.268 e. The maximum Gasteiger partial charge on any atom is 0.351 e. The van der Waals surface area contributed by atoms with Crippen molar-refractivity contribution in [1.29, 1.82) is 0 Å². The van der Waals surface area contributed by atoms with Gasteiger partial charge in [-0.2, -0.15) is 4.89 Å². The van der Waals surface area contributed by atoms with Gasteiger partial charge in [0.05, 0.1) is 5.41 Å². The molecule has 4 nitrogen and oxygen atoms in total. The van der Waals surface area contributed by atoms with Crippen LogP contribution in [-0.4, -0.2) is 11.6 Å². The summed E-state index contributed by atoms with van der Waals surface area (Å²) < 4.78 is 0. The molecule has 0 aliphatic rings. The highest BCUT2D eigenvalue weighted by molar-refractivity contribution is 5.76. The van der Waals surface area contributed by atoms with Gasteiger partial charge < -0.3 is 0 Å². The standard InChI is InChI=1S/C21H42O4/c1-10-14-15-16-17(11-2)20(7,8)21(9,13-4)18(22)23-25-24-19(5,6)12-3/h17H,10-16H2,1-9H3. The first-order valence-electron chi connectivity index (χ1n) is 10.1. The van der Waals surface area contributed by atoms with Gasteiger partial charge in [0.15, 0.2) is 0 Å². The van der Waals surface area contributed by atoms with Crippen LogP contribution in [0.4, 0.5) is 0 Å². The third kappa shape index (κ3) is 6.56. The van der Waals surface area contributed by atoms with Crippen LogP contribution in [-0.2, 0) is 19.6 Å². The minimum atomic E-state index is -0.625. The number of unbranched alkanes of at least 4 members (excludes halogenated alkanes) is 2. The zero-order chi connectivity index (χ0) is 19.7. The lowest BCUT2D eigenvalue weighted by atomic mass is 9.57. The van der Waals surface area contributed by atoms with E-state index in [-0.39, 0.29) is 11.4 Å². The van der Waals surface area contributed by atoms with Crippen molar-refractivity contribution >= 4 is 5.97 Å². The summed E-state index contributed by atoms with van der Waals surface area (Å²) in [4.78, 5) is 23.1. The van der Waals surface area contributed by atoms with Crippen LogP contribution in [0.25, 0.3) is 0 Å². The largest absolute Gasteiger partial charge is 0.351 e. The Morgan fingerprint density at radius 1 is 0.920 bits per heavy atom. The Morgan fingerprint density at radius 3 is 1.96 bits per heavy atom. The van der Waals surface area contributed by atoms with Crippen molar-refractivity contribution in [3.05, 3.63) is 0 Å². The second-order valence-electron chi connectivity index (χ2n) is 8.64. The zero-order valence-corrected chi connectivity index (χ0v) is 18.2. The highest BCUT2D eigenvalue weighted by atomic mass is 17.5. The van der Waals surface area contributed by atoms with Crippen LogP contribution in [0.3, 0.4) is 0 Å². The third-order valence-electron chi connectivity index (χ3n) is 6.47. The lowest BCUT2D eigenvalue weighted by Crippen LogP contribution is -2.47. The monoisotopic (exact) mass is 358 g/mol. The average Bonchev–Trinajstić information content (AvgIpc) is 2.57. The second-order valence-corrected chi connectivity index (χ2v) is 8.64. The van der Waals surface area contributed by atoms with E-state index in [4.69, 9.17) is 14.8 Å². The molecule has 0 aromatic heterocycles. The molecule has 25 heavy (non-hydrogen) atoms. The minimum absolute atomic E-state index is 0.190. The minimum Gasteiger partial charge on any atom is -0.268 e. The van der Waals surface area contributed by atoms with Crippen LogP contribution < -0.4 is 0 Å². The van der Waals surface area contributed by atoms with E-state index in [1.54, 1.807) is 0 Å². The van der Waals surface area contributed by atoms with Crippen LogP contribution in [0.15, 0.2) is 0 Å². The number of hydrogen-bond acceptors (Lipinski definition) is 4. The number of carbonyl (C=O) groups is 1. The van der Waals surface area contributed by atoms with Gasteiger partial charge >= 0.3 is 5.97 Å². The van der Waals surface area contributed by atoms with Gasteiger partial charge in [0.2, 0.25) is 0 Å². The van der Waals surface area contributed by atoms with Crippen LogP contribution in [0, 0.1) is 16.7 Å². The molecule has 0 N–H and O–H groups in total. The highest BCUT2D eigenvalue weighted by Gasteiger charge is 2.51. The molecule has 2 atom stereocenters. The van der Waals surface area contributed by atoms with Crippen molar-refractivity contribution < 1.29 is 19.6 Å². The Morgan fingerprint density at radius 2 is 1.52 bits per heavy atom. The summed E-state index contributed by atoms with van der Waals surface area (Å²) in [5.74, 6) is 0.116. The van der Waals surface area contributed by atoms with Gasteiger partial charge in [-0.05, 0) is 56.4 Å². The van der Waals surface area contributed by atoms with Crippen molar-refractivity contribution in [3.8, 4) is 0 Å². The van der Waals surface area contributed by atoms with Gasteiger partial charge in [0.1, 0.15) is 5.60 Å². The summed E-state index contributed by atoms with van der Waals surface area (Å²) >= 11 is 0. The van der Waals surface area contributed by atoms with Crippen LogP contribution in [0.5, 0.6) is 0 Å². The van der Waals surface area contributed by atoms with Crippen LogP contribution in [0.1, 0.15) is 107 Å². The van der Waals surface area contributed by atoms with Crippen molar-refractivity contribution in [2.24, 2.45) is 16.7 Å². The topological polar surface area (TPSA) is 44.8 Å².